The molecule has 342 valence electrons. The van der Waals surface area contributed by atoms with E-state index < -0.39 is 48.6 Å². The van der Waals surface area contributed by atoms with Gasteiger partial charge in [-0.15, -0.1) is 0 Å². The standard InChI is InChI=1S/C23H20F3NO6S.C23H23NO6S/c24-23(25,26)17-5-3-6-20(15-17)34(30,31)27-18-8-10-19(11-9-18)32-12-13-33-21-7-2-1-4-16(21)14-22(28)29;1-17-6-12-21(13-7-17)31(27,28)24-19-8-10-20(11-9-19)29-14-15-30-22-5-3-2-4-18(22)16-23(25)26/h1-11,15,27H,12-14H2,(H,28,29);2-13,24H,14-16H2,1H3,(H,25,26). The number of ether oxygens (including phenoxy) is 4. The summed E-state index contributed by atoms with van der Waals surface area (Å²) in [6.07, 6.45) is -4.95. The van der Waals surface area contributed by atoms with Crippen LogP contribution in [-0.4, -0.2) is 65.4 Å². The number of anilines is 2. The number of para-hydroxylation sites is 2. The van der Waals surface area contributed by atoms with Gasteiger partial charge in [0, 0.05) is 22.5 Å². The van der Waals surface area contributed by atoms with Crippen molar-refractivity contribution < 1.29 is 68.8 Å². The molecule has 0 atom stereocenters. The van der Waals surface area contributed by atoms with E-state index in [9.17, 15) is 39.6 Å². The molecule has 0 heterocycles. The molecule has 0 unspecified atom stereocenters. The number of sulfonamides is 2. The number of aliphatic carboxylic acids is 2. The summed E-state index contributed by atoms with van der Waals surface area (Å²) in [6.45, 7) is 2.65. The third kappa shape index (κ3) is 15.5. The number of hydrogen-bond donors (Lipinski definition) is 4. The first kappa shape index (κ1) is 48.8. The van der Waals surface area contributed by atoms with Gasteiger partial charge in [-0.2, -0.15) is 13.2 Å². The zero-order chi connectivity index (χ0) is 47.0. The fraction of sp³-hybridized carbons (Fsp3) is 0.174. The third-order valence-corrected chi connectivity index (χ3v) is 11.6. The molecule has 0 saturated heterocycles. The van der Waals surface area contributed by atoms with Gasteiger partial charge >= 0.3 is 18.1 Å². The van der Waals surface area contributed by atoms with Gasteiger partial charge in [-0.1, -0.05) is 60.2 Å². The molecule has 0 fully saturated rings. The maximum Gasteiger partial charge on any atom is 0.416 e. The van der Waals surface area contributed by atoms with Crippen LogP contribution in [0.4, 0.5) is 24.5 Å². The quantitative estimate of drug-likeness (QED) is 0.0533. The molecule has 0 saturated carbocycles. The van der Waals surface area contributed by atoms with Crippen molar-refractivity contribution in [3.05, 3.63) is 168 Å². The van der Waals surface area contributed by atoms with Crippen molar-refractivity contribution in [2.24, 2.45) is 0 Å². The number of rotatable bonds is 20. The Morgan fingerprint density at radius 2 is 0.938 bits per heavy atom. The lowest BCUT2D eigenvalue weighted by atomic mass is 10.1. The first-order chi connectivity index (χ1) is 30.9. The van der Waals surface area contributed by atoms with Gasteiger partial charge in [-0.05, 0) is 97.9 Å². The number of carboxylic acid groups (broad SMARTS) is 2. The highest BCUT2D eigenvalue weighted by molar-refractivity contribution is 7.93. The molecule has 6 aromatic carbocycles. The van der Waals surface area contributed by atoms with E-state index in [0.717, 1.165) is 23.8 Å². The van der Waals surface area contributed by atoms with E-state index in [2.05, 4.69) is 9.44 Å². The van der Waals surface area contributed by atoms with E-state index in [4.69, 9.17) is 29.2 Å². The molecule has 14 nitrogen and oxygen atoms in total. The van der Waals surface area contributed by atoms with E-state index in [1.54, 1.807) is 97.1 Å². The highest BCUT2D eigenvalue weighted by Gasteiger charge is 2.31. The fourth-order valence-electron chi connectivity index (χ4n) is 5.75. The highest BCUT2D eigenvalue weighted by Crippen LogP contribution is 2.31. The Morgan fingerprint density at radius 3 is 1.37 bits per heavy atom. The molecular weight excluding hydrogens is 894 g/mol. The van der Waals surface area contributed by atoms with Gasteiger partial charge in [0.25, 0.3) is 20.0 Å². The van der Waals surface area contributed by atoms with Crippen LogP contribution in [0.5, 0.6) is 23.0 Å². The van der Waals surface area contributed by atoms with E-state index in [0.29, 0.717) is 45.9 Å². The van der Waals surface area contributed by atoms with Crippen LogP contribution in [-0.2, 0) is 48.7 Å². The molecule has 0 bridgehead atoms. The molecule has 0 aliphatic heterocycles. The Balaban J connectivity index is 0.000000245. The Labute approximate surface area is 373 Å². The molecule has 19 heteroatoms. The van der Waals surface area contributed by atoms with Crippen LogP contribution in [0.1, 0.15) is 22.3 Å². The number of nitrogens with one attached hydrogen (secondary N) is 2. The van der Waals surface area contributed by atoms with Crippen molar-refractivity contribution in [3.63, 3.8) is 0 Å². The minimum absolute atomic E-state index is 0.114. The molecule has 65 heavy (non-hydrogen) atoms. The average Bonchev–Trinajstić information content (AvgIpc) is 3.26. The average molecular weight is 937 g/mol. The van der Waals surface area contributed by atoms with Gasteiger partial charge in [0.15, 0.2) is 0 Å². The number of hydrogen-bond acceptors (Lipinski definition) is 10. The second-order valence-electron chi connectivity index (χ2n) is 13.8. The molecule has 0 amide bonds. The minimum Gasteiger partial charge on any atom is -0.490 e. The largest absolute Gasteiger partial charge is 0.490 e. The number of aryl methyl sites for hydroxylation is 1. The van der Waals surface area contributed by atoms with Gasteiger partial charge < -0.3 is 29.2 Å². The van der Waals surface area contributed by atoms with Crippen molar-refractivity contribution in [1.82, 2.24) is 0 Å². The van der Waals surface area contributed by atoms with Crippen LogP contribution >= 0.6 is 0 Å². The first-order valence-electron chi connectivity index (χ1n) is 19.5. The summed E-state index contributed by atoms with van der Waals surface area (Å²) in [5.41, 5.74) is 1.62. The molecule has 4 N–H and O–H groups in total. The number of carbonyl (C=O) groups is 2. The molecule has 6 aromatic rings. The minimum atomic E-state index is -4.66. The maximum atomic E-state index is 12.9. The highest BCUT2D eigenvalue weighted by atomic mass is 32.2. The topological polar surface area (TPSA) is 204 Å². The van der Waals surface area contributed by atoms with Crippen molar-refractivity contribution in [3.8, 4) is 23.0 Å². The smallest absolute Gasteiger partial charge is 0.416 e. The first-order valence-corrected chi connectivity index (χ1v) is 22.4. The SMILES string of the molecule is Cc1ccc(S(=O)(=O)Nc2ccc(OCCOc3ccccc3CC(=O)O)cc2)cc1.O=C(O)Cc1ccccc1OCCOc1ccc(NS(=O)(=O)c2cccc(C(F)(F)F)c2)cc1. The van der Waals surface area contributed by atoms with E-state index in [-0.39, 0.29) is 49.9 Å². The van der Waals surface area contributed by atoms with Crippen molar-refractivity contribution >= 4 is 43.4 Å². The van der Waals surface area contributed by atoms with E-state index in [1.807, 2.05) is 6.92 Å². The molecule has 0 aliphatic carbocycles. The number of carboxylic acids is 2. The number of benzene rings is 6. The predicted molar refractivity (Wildman–Crippen MR) is 235 cm³/mol. The summed E-state index contributed by atoms with van der Waals surface area (Å²) in [5, 5.41) is 17.9. The van der Waals surface area contributed by atoms with Crippen LogP contribution in [0.25, 0.3) is 0 Å². The summed E-state index contributed by atoms with van der Waals surface area (Å²) in [5.74, 6) is 0.00816. The zero-order valence-corrected chi connectivity index (χ0v) is 36.2. The molecule has 6 rings (SSSR count). The van der Waals surface area contributed by atoms with Crippen LogP contribution < -0.4 is 28.4 Å². The summed E-state index contributed by atoms with van der Waals surface area (Å²) in [7, 11) is -7.89. The predicted octanol–water partition coefficient (Wildman–Crippen LogP) is 8.47. The summed E-state index contributed by atoms with van der Waals surface area (Å²) < 4.78 is 115. The van der Waals surface area contributed by atoms with Gasteiger partial charge in [0.1, 0.15) is 49.4 Å². The van der Waals surface area contributed by atoms with E-state index in [1.165, 1.54) is 24.3 Å². The zero-order valence-electron chi connectivity index (χ0n) is 34.5. The lowest BCUT2D eigenvalue weighted by Crippen LogP contribution is -2.14. The summed E-state index contributed by atoms with van der Waals surface area (Å²) in [6, 6.07) is 36.1. The van der Waals surface area contributed by atoms with Crippen LogP contribution in [0, 0.1) is 6.92 Å². The Morgan fingerprint density at radius 1 is 0.523 bits per heavy atom. The molecule has 0 aromatic heterocycles. The monoisotopic (exact) mass is 936 g/mol. The van der Waals surface area contributed by atoms with Gasteiger partial charge in [-0.3, -0.25) is 19.0 Å². The molecular formula is C46H43F3N2O12S2. The maximum absolute atomic E-state index is 12.9. The second-order valence-corrected chi connectivity index (χ2v) is 17.2. The van der Waals surface area contributed by atoms with Crippen molar-refractivity contribution in [1.29, 1.82) is 0 Å². The Bertz CT molecular complexity index is 2750. The van der Waals surface area contributed by atoms with Crippen LogP contribution in [0.3, 0.4) is 0 Å². The number of halogens is 3. The number of alkyl halides is 3. The second kappa shape index (κ2) is 22.4. The summed E-state index contributed by atoms with van der Waals surface area (Å²) >= 11 is 0. The van der Waals surface area contributed by atoms with Crippen LogP contribution in [0.15, 0.2) is 155 Å². The van der Waals surface area contributed by atoms with Crippen molar-refractivity contribution in [2.45, 2.75) is 35.7 Å². The van der Waals surface area contributed by atoms with Gasteiger partial charge in [-0.25, -0.2) is 16.8 Å². The van der Waals surface area contributed by atoms with Crippen molar-refractivity contribution in [2.75, 3.05) is 35.9 Å². The normalized spacial score (nSPS) is 11.3. The fourth-order valence-corrected chi connectivity index (χ4v) is 7.92. The molecule has 0 radical (unpaired) electrons. The van der Waals surface area contributed by atoms with Gasteiger partial charge in [0.05, 0.1) is 28.2 Å². The Hall–Kier alpha value is -7.25. The van der Waals surface area contributed by atoms with Crippen LogP contribution in [0.2, 0.25) is 0 Å². The molecule has 0 spiro atoms. The van der Waals surface area contributed by atoms with E-state index >= 15 is 0 Å². The molecule has 0 aliphatic rings. The Kier molecular flexibility index (Phi) is 16.8. The van der Waals surface area contributed by atoms with Gasteiger partial charge in [0.2, 0.25) is 0 Å². The summed E-state index contributed by atoms with van der Waals surface area (Å²) in [4.78, 5) is 21.5. The lowest BCUT2D eigenvalue weighted by molar-refractivity contribution is -0.138. The lowest BCUT2D eigenvalue weighted by Gasteiger charge is -2.12. The third-order valence-electron chi connectivity index (χ3n) is 8.86.